The number of hydrogen-bond acceptors (Lipinski definition) is 5. The molecule has 8 nitrogen and oxygen atoms in total. The van der Waals surface area contributed by atoms with Crippen molar-refractivity contribution in [3.05, 3.63) is 64.7 Å². The average Bonchev–Trinajstić information content (AvgIpc) is 3.28. The minimum Gasteiger partial charge on any atom is -0.497 e. The molecule has 176 valence electrons. The normalized spacial score (nSPS) is 15.2. The van der Waals surface area contributed by atoms with E-state index in [1.807, 2.05) is 43.3 Å². The van der Waals surface area contributed by atoms with E-state index in [9.17, 15) is 9.59 Å². The van der Waals surface area contributed by atoms with Crippen LogP contribution in [0.2, 0.25) is 5.02 Å². The molecule has 0 spiro atoms. The lowest BCUT2D eigenvalue weighted by molar-refractivity contribution is -0.133. The monoisotopic (exact) mass is 472 g/mol. The third kappa shape index (κ3) is 6.24. The van der Waals surface area contributed by atoms with Crippen LogP contribution >= 0.6 is 11.6 Å². The van der Waals surface area contributed by atoms with E-state index in [4.69, 9.17) is 21.1 Å². The Morgan fingerprint density at radius 3 is 2.45 bits per heavy atom. The first kappa shape index (κ1) is 24.5. The number of carbonyl (C=O) groups is 2. The van der Waals surface area contributed by atoms with Gasteiger partial charge in [-0.1, -0.05) is 23.7 Å². The molecule has 1 aliphatic rings. The number of rotatable bonds is 9. The summed E-state index contributed by atoms with van der Waals surface area (Å²) in [6, 6.07) is 14.3. The van der Waals surface area contributed by atoms with Gasteiger partial charge in [-0.15, -0.1) is 0 Å². The van der Waals surface area contributed by atoms with Gasteiger partial charge in [-0.05, 0) is 54.4 Å². The topological polar surface area (TPSA) is 83.5 Å². The molecular weight excluding hydrogens is 444 g/mol. The highest BCUT2D eigenvalue weighted by Crippen LogP contribution is 2.33. The molecule has 3 rings (SSSR count). The van der Waals surface area contributed by atoms with E-state index in [0.29, 0.717) is 31.1 Å². The van der Waals surface area contributed by atoms with Crippen LogP contribution in [0.3, 0.4) is 0 Å². The number of hydrazone groups is 1. The van der Waals surface area contributed by atoms with Gasteiger partial charge in [0.25, 0.3) is 5.91 Å². The minimum atomic E-state index is -0.315. The van der Waals surface area contributed by atoms with E-state index in [-0.39, 0.29) is 24.5 Å². The lowest BCUT2D eigenvalue weighted by atomic mass is 9.98. The maximum Gasteiger partial charge on any atom is 0.317 e. The molecule has 0 fully saturated rings. The quantitative estimate of drug-likeness (QED) is 0.603. The molecule has 0 saturated heterocycles. The molecule has 1 atom stereocenters. The maximum absolute atomic E-state index is 13.4. The first-order valence-corrected chi connectivity index (χ1v) is 11.2. The zero-order chi connectivity index (χ0) is 23.8. The van der Waals surface area contributed by atoms with E-state index < -0.39 is 0 Å². The lowest BCUT2D eigenvalue weighted by Crippen LogP contribution is -2.47. The molecule has 0 aliphatic carbocycles. The summed E-state index contributed by atoms with van der Waals surface area (Å²) < 4.78 is 10.3. The van der Waals surface area contributed by atoms with Crippen LogP contribution in [0.4, 0.5) is 4.79 Å². The van der Waals surface area contributed by atoms with Crippen LogP contribution in [0.25, 0.3) is 0 Å². The SMILES string of the molecule is CCNC(=O)N(CCOC)CC(=O)N1N=C(c2ccc(OC)cc2)C[C@H]1c1ccc(Cl)cc1. The van der Waals surface area contributed by atoms with Crippen molar-refractivity contribution in [3.63, 3.8) is 0 Å². The fourth-order valence-corrected chi connectivity index (χ4v) is 3.72. The summed E-state index contributed by atoms with van der Waals surface area (Å²) in [5, 5.41) is 9.51. The van der Waals surface area contributed by atoms with Crippen LogP contribution in [0.1, 0.15) is 30.5 Å². The standard InChI is InChI=1S/C24H29ClN4O4/c1-4-26-24(31)28(13-14-32-2)16-23(30)29-22(18-5-9-19(25)10-6-18)15-21(27-29)17-7-11-20(33-3)12-8-17/h5-12,22H,4,13-16H2,1-3H3,(H,26,31)/t22-/m0/s1. The van der Waals surface area contributed by atoms with E-state index >= 15 is 0 Å². The maximum atomic E-state index is 13.4. The molecule has 1 heterocycles. The molecule has 33 heavy (non-hydrogen) atoms. The van der Waals surface area contributed by atoms with Gasteiger partial charge >= 0.3 is 6.03 Å². The Morgan fingerprint density at radius 2 is 1.85 bits per heavy atom. The van der Waals surface area contributed by atoms with Crippen LogP contribution in [0.5, 0.6) is 5.75 Å². The molecule has 0 aromatic heterocycles. The smallest absolute Gasteiger partial charge is 0.317 e. The number of carbonyl (C=O) groups excluding carboxylic acids is 2. The van der Waals surface area contributed by atoms with E-state index in [0.717, 1.165) is 22.6 Å². The van der Waals surface area contributed by atoms with Gasteiger partial charge in [-0.3, -0.25) is 4.79 Å². The zero-order valence-corrected chi connectivity index (χ0v) is 19.8. The number of amides is 3. The van der Waals surface area contributed by atoms with Gasteiger partial charge in [-0.2, -0.15) is 5.10 Å². The van der Waals surface area contributed by atoms with Gasteiger partial charge in [0, 0.05) is 31.6 Å². The van der Waals surface area contributed by atoms with Crippen LogP contribution in [0, 0.1) is 0 Å². The van der Waals surface area contributed by atoms with Crippen molar-refractivity contribution in [1.82, 2.24) is 15.2 Å². The summed E-state index contributed by atoms with van der Waals surface area (Å²) in [7, 11) is 3.17. The second-order valence-corrected chi connectivity index (χ2v) is 7.97. The van der Waals surface area contributed by atoms with Gasteiger partial charge in [-0.25, -0.2) is 9.80 Å². The van der Waals surface area contributed by atoms with Gasteiger partial charge in [0.05, 0.1) is 25.5 Å². The fraction of sp³-hybridized carbons (Fsp3) is 0.375. The second-order valence-electron chi connectivity index (χ2n) is 7.53. The van der Waals surface area contributed by atoms with Crippen molar-refractivity contribution in [3.8, 4) is 5.75 Å². The summed E-state index contributed by atoms with van der Waals surface area (Å²) in [5.74, 6) is 0.469. The zero-order valence-electron chi connectivity index (χ0n) is 19.1. The van der Waals surface area contributed by atoms with Crippen molar-refractivity contribution < 1.29 is 19.1 Å². The van der Waals surface area contributed by atoms with Crippen molar-refractivity contribution in [1.29, 1.82) is 0 Å². The molecule has 3 amide bonds. The highest BCUT2D eigenvalue weighted by Gasteiger charge is 2.34. The molecule has 1 aliphatic heterocycles. The Labute approximate surface area is 199 Å². The molecule has 0 bridgehead atoms. The number of halogens is 1. The van der Waals surface area contributed by atoms with Crippen LogP contribution in [-0.2, 0) is 9.53 Å². The number of hydrogen-bond donors (Lipinski definition) is 1. The molecule has 9 heteroatoms. The summed E-state index contributed by atoms with van der Waals surface area (Å²) in [4.78, 5) is 27.3. The molecular formula is C24H29ClN4O4. The Bertz CT molecular complexity index is 979. The summed E-state index contributed by atoms with van der Waals surface area (Å²) in [6.07, 6.45) is 0.541. The third-order valence-electron chi connectivity index (χ3n) is 5.35. The third-order valence-corrected chi connectivity index (χ3v) is 5.60. The van der Waals surface area contributed by atoms with Gasteiger partial charge in [0.15, 0.2) is 0 Å². The summed E-state index contributed by atoms with van der Waals surface area (Å²) in [6.45, 7) is 2.80. The van der Waals surface area contributed by atoms with Crippen molar-refractivity contribution >= 4 is 29.3 Å². The molecule has 2 aromatic carbocycles. The van der Waals surface area contributed by atoms with Crippen LogP contribution in [0.15, 0.2) is 53.6 Å². The van der Waals surface area contributed by atoms with E-state index in [1.54, 1.807) is 26.4 Å². The summed E-state index contributed by atoms with van der Waals surface area (Å²) in [5.41, 5.74) is 2.61. The Balaban J connectivity index is 1.88. The van der Waals surface area contributed by atoms with Gasteiger partial charge in [0.2, 0.25) is 0 Å². The number of urea groups is 1. The predicted octanol–water partition coefficient (Wildman–Crippen LogP) is 3.70. The first-order chi connectivity index (χ1) is 16.0. The number of nitrogens with zero attached hydrogens (tertiary/aromatic N) is 3. The van der Waals surface area contributed by atoms with Gasteiger partial charge in [0.1, 0.15) is 12.3 Å². The molecule has 0 radical (unpaired) electrons. The van der Waals surface area contributed by atoms with Crippen molar-refractivity contribution in [2.75, 3.05) is 40.5 Å². The number of benzene rings is 2. The molecule has 1 N–H and O–H groups in total. The average molecular weight is 473 g/mol. The van der Waals surface area contributed by atoms with Gasteiger partial charge < -0.3 is 19.7 Å². The molecule has 2 aromatic rings. The number of nitrogens with one attached hydrogen (secondary N) is 1. The summed E-state index contributed by atoms with van der Waals surface area (Å²) >= 11 is 6.07. The largest absolute Gasteiger partial charge is 0.497 e. The van der Waals surface area contributed by atoms with E-state index in [2.05, 4.69) is 10.4 Å². The first-order valence-electron chi connectivity index (χ1n) is 10.8. The lowest BCUT2D eigenvalue weighted by Gasteiger charge is -2.27. The fourth-order valence-electron chi connectivity index (χ4n) is 3.60. The number of ether oxygens (including phenoxy) is 2. The minimum absolute atomic E-state index is 0.112. The molecule has 0 saturated carbocycles. The van der Waals surface area contributed by atoms with Crippen LogP contribution < -0.4 is 10.1 Å². The van der Waals surface area contributed by atoms with Crippen molar-refractivity contribution in [2.45, 2.75) is 19.4 Å². The van der Waals surface area contributed by atoms with Crippen LogP contribution in [-0.4, -0.2) is 68.0 Å². The predicted molar refractivity (Wildman–Crippen MR) is 128 cm³/mol. The highest BCUT2D eigenvalue weighted by atomic mass is 35.5. The Hall–Kier alpha value is -3.10. The highest BCUT2D eigenvalue weighted by molar-refractivity contribution is 6.30. The van der Waals surface area contributed by atoms with Crippen molar-refractivity contribution in [2.24, 2.45) is 5.10 Å². The molecule has 0 unspecified atom stereocenters. The Morgan fingerprint density at radius 1 is 1.15 bits per heavy atom. The second kappa shape index (κ2) is 11.7. The van der Waals surface area contributed by atoms with E-state index in [1.165, 1.54) is 9.91 Å². The number of methoxy groups -OCH3 is 2. The Kier molecular flexibility index (Phi) is 8.68.